The molecule has 0 amide bonds. The van der Waals surface area contributed by atoms with E-state index in [2.05, 4.69) is 11.6 Å². The molecule has 0 saturated carbocycles. The average Bonchev–Trinajstić information content (AvgIpc) is 3.13. The Morgan fingerprint density at radius 1 is 1.23 bits per heavy atom. The van der Waals surface area contributed by atoms with Crippen LogP contribution in [0.4, 0.5) is 0 Å². The van der Waals surface area contributed by atoms with Crippen molar-refractivity contribution in [3.8, 4) is 5.75 Å². The number of nitrogens with zero attached hydrogens (tertiary/aromatic N) is 2. The van der Waals surface area contributed by atoms with Crippen LogP contribution in [0, 0.1) is 0 Å². The van der Waals surface area contributed by atoms with Crippen molar-refractivity contribution in [1.82, 2.24) is 4.57 Å². The number of hydrogen-bond acceptors (Lipinski definition) is 6. The van der Waals surface area contributed by atoms with Gasteiger partial charge in [-0.15, -0.1) is 0 Å². The van der Waals surface area contributed by atoms with E-state index < -0.39 is 12.0 Å². The maximum Gasteiger partial charge on any atom is 0.338 e. The molecule has 1 unspecified atom stereocenters. The van der Waals surface area contributed by atoms with Gasteiger partial charge in [-0.3, -0.25) is 9.36 Å². The van der Waals surface area contributed by atoms with Crippen LogP contribution < -0.4 is 19.6 Å². The van der Waals surface area contributed by atoms with Crippen molar-refractivity contribution in [1.29, 1.82) is 0 Å². The summed E-state index contributed by atoms with van der Waals surface area (Å²) in [5, 5.41) is 0.929. The van der Waals surface area contributed by atoms with Crippen molar-refractivity contribution < 1.29 is 14.3 Å². The fourth-order valence-electron chi connectivity index (χ4n) is 3.78. The van der Waals surface area contributed by atoms with Gasteiger partial charge in [0.1, 0.15) is 12.4 Å². The van der Waals surface area contributed by atoms with Gasteiger partial charge in [0.25, 0.3) is 5.56 Å². The number of allylic oxidation sites excluding steroid dienone is 1. The minimum Gasteiger partial charge on any atom is -0.494 e. The molecule has 1 atom stereocenters. The predicted molar refractivity (Wildman–Crippen MR) is 139 cm³/mol. The van der Waals surface area contributed by atoms with E-state index in [1.807, 2.05) is 31.2 Å². The fraction of sp³-hybridized carbons (Fsp3) is 0.192. The number of halogens is 2. The summed E-state index contributed by atoms with van der Waals surface area (Å²) in [4.78, 5) is 31.7. The van der Waals surface area contributed by atoms with Crippen molar-refractivity contribution in [3.05, 3.63) is 107 Å². The molecule has 6 nitrogen and oxygen atoms in total. The van der Waals surface area contributed by atoms with E-state index in [-0.39, 0.29) is 12.2 Å². The van der Waals surface area contributed by atoms with Crippen molar-refractivity contribution in [2.45, 2.75) is 19.9 Å². The smallest absolute Gasteiger partial charge is 0.338 e. The zero-order chi connectivity index (χ0) is 25.1. The Hall–Kier alpha value is -3.13. The molecule has 0 spiro atoms. The topological polar surface area (TPSA) is 69.9 Å². The summed E-state index contributed by atoms with van der Waals surface area (Å²) >= 11 is 13.6. The second-order valence-electron chi connectivity index (χ2n) is 7.64. The molecule has 180 valence electrons. The molecule has 0 saturated heterocycles. The van der Waals surface area contributed by atoms with E-state index in [0.29, 0.717) is 48.6 Å². The molecule has 1 aliphatic heterocycles. The summed E-state index contributed by atoms with van der Waals surface area (Å²) in [6, 6.07) is 11.6. The molecule has 3 aromatic rings. The molecule has 0 aliphatic carbocycles. The zero-order valence-electron chi connectivity index (χ0n) is 19.1. The first-order chi connectivity index (χ1) is 16.8. The van der Waals surface area contributed by atoms with E-state index in [1.165, 1.54) is 22.0 Å². The Balaban J connectivity index is 1.91. The number of carbonyl (C=O) groups is 1. The summed E-state index contributed by atoms with van der Waals surface area (Å²) in [6.07, 6.45) is 3.19. The first-order valence-electron chi connectivity index (χ1n) is 10.8. The molecule has 4 rings (SSSR count). The Labute approximate surface area is 216 Å². The van der Waals surface area contributed by atoms with Crippen LogP contribution in [0.1, 0.15) is 31.0 Å². The van der Waals surface area contributed by atoms with Gasteiger partial charge in [-0.05, 0) is 55.3 Å². The third-order valence-corrected chi connectivity index (χ3v) is 6.88. The van der Waals surface area contributed by atoms with Gasteiger partial charge in [-0.25, -0.2) is 9.79 Å². The van der Waals surface area contributed by atoms with Crippen LogP contribution in [0.3, 0.4) is 0 Å². The minimum atomic E-state index is -0.720. The molecule has 0 radical (unpaired) electrons. The number of fused-ring (bicyclic) bond motifs is 1. The Bertz CT molecular complexity index is 1500. The van der Waals surface area contributed by atoms with Gasteiger partial charge in [0.05, 0.1) is 28.5 Å². The lowest BCUT2D eigenvalue weighted by molar-refractivity contribution is -0.138. The number of rotatable bonds is 7. The zero-order valence-corrected chi connectivity index (χ0v) is 21.4. The van der Waals surface area contributed by atoms with E-state index in [9.17, 15) is 9.59 Å². The maximum atomic E-state index is 13.6. The molecule has 2 aromatic carbocycles. The summed E-state index contributed by atoms with van der Waals surface area (Å²) in [7, 11) is 0. The number of esters is 1. The third-order valence-electron chi connectivity index (χ3n) is 5.33. The normalized spacial score (nSPS) is 15.4. The van der Waals surface area contributed by atoms with E-state index >= 15 is 0 Å². The molecule has 1 aliphatic rings. The number of hydrogen-bond donors (Lipinski definition) is 0. The third kappa shape index (κ3) is 5.12. The average molecular weight is 529 g/mol. The number of benzene rings is 2. The summed E-state index contributed by atoms with van der Waals surface area (Å²) in [5.74, 6) is 0.137. The van der Waals surface area contributed by atoms with Crippen LogP contribution >= 0.6 is 34.5 Å². The van der Waals surface area contributed by atoms with Crippen LogP contribution in [-0.2, 0) is 9.53 Å². The highest BCUT2D eigenvalue weighted by Gasteiger charge is 2.33. The molecule has 35 heavy (non-hydrogen) atoms. The molecule has 2 heterocycles. The Morgan fingerprint density at radius 2 is 1.97 bits per heavy atom. The van der Waals surface area contributed by atoms with Gasteiger partial charge in [0.15, 0.2) is 4.80 Å². The van der Waals surface area contributed by atoms with Crippen molar-refractivity contribution in [2.24, 2.45) is 4.99 Å². The number of carbonyl (C=O) groups excluding carboxylic acids is 1. The summed E-state index contributed by atoms with van der Waals surface area (Å²) < 4.78 is 12.9. The van der Waals surface area contributed by atoms with Crippen LogP contribution in [-0.4, -0.2) is 23.8 Å². The number of thiazole rings is 1. The van der Waals surface area contributed by atoms with Crippen LogP contribution in [0.2, 0.25) is 10.0 Å². The van der Waals surface area contributed by atoms with Gasteiger partial charge < -0.3 is 9.47 Å². The summed E-state index contributed by atoms with van der Waals surface area (Å²) in [6.45, 7) is 7.81. The summed E-state index contributed by atoms with van der Waals surface area (Å²) in [5.41, 5.74) is 1.86. The van der Waals surface area contributed by atoms with E-state index in [1.54, 1.807) is 31.2 Å². The van der Waals surface area contributed by atoms with E-state index in [4.69, 9.17) is 32.7 Å². The van der Waals surface area contributed by atoms with Gasteiger partial charge in [-0.1, -0.05) is 65.4 Å². The van der Waals surface area contributed by atoms with Gasteiger partial charge in [-0.2, -0.15) is 0 Å². The Kier molecular flexibility index (Phi) is 7.60. The van der Waals surface area contributed by atoms with Crippen molar-refractivity contribution in [2.75, 3.05) is 13.2 Å². The lowest BCUT2D eigenvalue weighted by Crippen LogP contribution is -2.39. The largest absolute Gasteiger partial charge is 0.494 e. The SMILES string of the molecule is C=CCOC(=O)C1=C(C)N=c2s/c(=C\c3ccc(Cl)cc3Cl)c(=O)n2C1c1ccc(OCC)cc1. The van der Waals surface area contributed by atoms with Crippen LogP contribution in [0.15, 0.2) is 76.2 Å². The molecule has 1 aromatic heterocycles. The van der Waals surface area contributed by atoms with Crippen LogP contribution in [0.25, 0.3) is 6.08 Å². The first kappa shape index (κ1) is 25.0. The van der Waals surface area contributed by atoms with Crippen molar-refractivity contribution >= 4 is 46.6 Å². The number of ether oxygens (including phenoxy) is 2. The molecule has 0 bridgehead atoms. The second kappa shape index (κ2) is 10.6. The fourth-order valence-corrected chi connectivity index (χ4v) is 5.28. The maximum absolute atomic E-state index is 13.6. The quantitative estimate of drug-likeness (QED) is 0.330. The molecular formula is C26H22Cl2N2O4S. The first-order valence-corrected chi connectivity index (χ1v) is 12.4. The van der Waals surface area contributed by atoms with Gasteiger partial charge >= 0.3 is 5.97 Å². The van der Waals surface area contributed by atoms with Crippen LogP contribution in [0.5, 0.6) is 5.75 Å². The van der Waals surface area contributed by atoms with Gasteiger partial charge in [0, 0.05) is 10.0 Å². The highest BCUT2D eigenvalue weighted by molar-refractivity contribution is 7.07. The second-order valence-corrected chi connectivity index (χ2v) is 9.49. The molecule has 9 heteroatoms. The monoisotopic (exact) mass is 528 g/mol. The van der Waals surface area contributed by atoms with Crippen molar-refractivity contribution in [3.63, 3.8) is 0 Å². The van der Waals surface area contributed by atoms with Gasteiger partial charge in [0.2, 0.25) is 0 Å². The lowest BCUT2D eigenvalue weighted by atomic mass is 9.96. The molecule has 0 N–H and O–H groups in total. The van der Waals surface area contributed by atoms with E-state index in [0.717, 1.165) is 5.56 Å². The number of aromatic nitrogens is 1. The minimum absolute atomic E-state index is 0.0467. The molecule has 0 fully saturated rings. The predicted octanol–water partition coefficient (Wildman–Crippen LogP) is 4.67. The lowest BCUT2D eigenvalue weighted by Gasteiger charge is -2.24. The standard InChI is InChI=1S/C26H22Cl2N2O4S/c1-4-12-34-25(32)22-15(3)29-26-30(23(22)16-7-10-19(11-8-16)33-5-2)24(31)21(35-26)13-17-6-9-18(27)14-20(17)28/h4,6-11,13-14,23H,1,5,12H2,2-3H3/b21-13-. The highest BCUT2D eigenvalue weighted by Crippen LogP contribution is 2.31. The molecular weight excluding hydrogens is 507 g/mol. The highest BCUT2D eigenvalue weighted by atomic mass is 35.5. The Morgan fingerprint density at radius 3 is 2.63 bits per heavy atom.